The van der Waals surface area contributed by atoms with Crippen LogP contribution < -0.4 is 5.32 Å². The molecule has 0 spiro atoms. The van der Waals surface area contributed by atoms with Gasteiger partial charge in [0.2, 0.25) is 11.8 Å². The second-order valence-electron chi connectivity index (χ2n) is 5.34. The number of halogens is 1. The maximum Gasteiger partial charge on any atom is 0.247 e. The second-order valence-corrected chi connectivity index (χ2v) is 6.59. The quantitative estimate of drug-likeness (QED) is 0.813. The molecule has 20 heavy (non-hydrogen) atoms. The number of rotatable bonds is 3. The second kappa shape index (κ2) is 6.56. The first-order valence-corrected chi connectivity index (χ1v) is 7.94. The van der Waals surface area contributed by atoms with Crippen molar-refractivity contribution in [1.82, 2.24) is 4.90 Å². The molecule has 1 aromatic rings. The lowest BCUT2D eigenvalue weighted by atomic mass is 10.1. The highest BCUT2D eigenvalue weighted by atomic mass is 127. The van der Waals surface area contributed by atoms with Crippen molar-refractivity contribution in [3.8, 4) is 0 Å². The maximum atomic E-state index is 12.4. The number of anilines is 1. The Balaban J connectivity index is 2.06. The van der Waals surface area contributed by atoms with Crippen molar-refractivity contribution in [3.05, 3.63) is 27.8 Å². The average molecular weight is 386 g/mol. The van der Waals surface area contributed by atoms with Crippen LogP contribution in [0.5, 0.6) is 0 Å². The summed E-state index contributed by atoms with van der Waals surface area (Å²) >= 11 is 2.21. The zero-order valence-electron chi connectivity index (χ0n) is 11.7. The summed E-state index contributed by atoms with van der Waals surface area (Å²) < 4.78 is 1.07. The molecule has 0 bridgehead atoms. The Labute approximate surface area is 133 Å². The zero-order chi connectivity index (χ0) is 14.7. The molecule has 1 aliphatic heterocycles. The number of carbonyl (C=O) groups is 2. The molecular formula is C15H19IN2O2. The molecule has 1 unspecified atom stereocenters. The van der Waals surface area contributed by atoms with Crippen molar-refractivity contribution in [3.63, 3.8) is 0 Å². The minimum Gasteiger partial charge on any atom is -0.330 e. The van der Waals surface area contributed by atoms with Crippen LogP contribution in [0.2, 0.25) is 0 Å². The van der Waals surface area contributed by atoms with Gasteiger partial charge in [-0.1, -0.05) is 19.9 Å². The topological polar surface area (TPSA) is 49.4 Å². The fourth-order valence-electron chi connectivity index (χ4n) is 2.43. The molecule has 0 radical (unpaired) electrons. The Morgan fingerprint density at radius 2 is 2.15 bits per heavy atom. The summed E-state index contributed by atoms with van der Waals surface area (Å²) in [6.45, 7) is 4.42. The number of hydrogen-bond donors (Lipinski definition) is 1. The third kappa shape index (κ3) is 3.50. The molecule has 2 amide bonds. The molecule has 1 heterocycles. The highest BCUT2D eigenvalue weighted by molar-refractivity contribution is 14.1. The molecule has 5 heteroatoms. The van der Waals surface area contributed by atoms with Gasteiger partial charge >= 0.3 is 0 Å². The summed E-state index contributed by atoms with van der Waals surface area (Å²) in [5.74, 6) is -0.0927. The van der Waals surface area contributed by atoms with Gasteiger partial charge in [0.1, 0.15) is 6.04 Å². The highest BCUT2D eigenvalue weighted by Gasteiger charge is 2.34. The molecule has 1 atom stereocenters. The van der Waals surface area contributed by atoms with Crippen LogP contribution >= 0.6 is 22.6 Å². The maximum absolute atomic E-state index is 12.4. The lowest BCUT2D eigenvalue weighted by molar-refractivity contribution is -0.139. The Morgan fingerprint density at radius 1 is 1.40 bits per heavy atom. The van der Waals surface area contributed by atoms with E-state index in [9.17, 15) is 9.59 Å². The number of nitrogens with zero attached hydrogens (tertiary/aromatic N) is 1. The summed E-state index contributed by atoms with van der Waals surface area (Å²) in [5, 5.41) is 2.91. The fraction of sp³-hybridized carbons (Fsp3) is 0.467. The van der Waals surface area contributed by atoms with Gasteiger partial charge in [-0.25, -0.2) is 0 Å². The third-order valence-electron chi connectivity index (χ3n) is 3.42. The number of likely N-dealkylation sites (tertiary alicyclic amines) is 1. The molecule has 1 aromatic carbocycles. The number of carbonyl (C=O) groups excluding carboxylic acids is 2. The van der Waals surface area contributed by atoms with Gasteiger partial charge in [0.05, 0.1) is 0 Å². The van der Waals surface area contributed by atoms with Crippen molar-refractivity contribution >= 4 is 40.1 Å². The molecule has 4 nitrogen and oxygen atoms in total. The predicted molar refractivity (Wildman–Crippen MR) is 87.4 cm³/mol. The highest BCUT2D eigenvalue weighted by Crippen LogP contribution is 2.22. The van der Waals surface area contributed by atoms with E-state index in [1.165, 1.54) is 0 Å². The van der Waals surface area contributed by atoms with Crippen LogP contribution in [-0.2, 0) is 9.59 Å². The number of nitrogens with one attached hydrogen (secondary N) is 1. The Kier molecular flexibility index (Phi) is 5.01. The van der Waals surface area contributed by atoms with Gasteiger partial charge in [0.25, 0.3) is 0 Å². The van der Waals surface area contributed by atoms with Crippen LogP contribution in [0.4, 0.5) is 5.69 Å². The van der Waals surface area contributed by atoms with Crippen molar-refractivity contribution < 1.29 is 9.59 Å². The molecule has 108 valence electrons. The molecule has 1 aliphatic rings. The number of benzene rings is 1. The van der Waals surface area contributed by atoms with E-state index < -0.39 is 0 Å². The molecule has 0 aromatic heterocycles. The molecule has 1 N–H and O–H groups in total. The summed E-state index contributed by atoms with van der Waals surface area (Å²) in [5.41, 5.74) is 0.783. The first kappa shape index (κ1) is 15.3. The van der Waals surface area contributed by atoms with Crippen LogP contribution in [0, 0.1) is 9.49 Å². The van der Waals surface area contributed by atoms with Crippen LogP contribution in [0.1, 0.15) is 26.7 Å². The van der Waals surface area contributed by atoms with Gasteiger partial charge in [-0.15, -0.1) is 0 Å². The summed E-state index contributed by atoms with van der Waals surface area (Å²) in [7, 11) is 0. The molecule has 2 rings (SSSR count). The zero-order valence-corrected chi connectivity index (χ0v) is 13.9. The Bertz CT molecular complexity index is 516. The van der Waals surface area contributed by atoms with E-state index in [2.05, 4.69) is 27.9 Å². The normalized spacial score (nSPS) is 18.4. The molecule has 1 saturated heterocycles. The van der Waals surface area contributed by atoms with Crippen molar-refractivity contribution in [1.29, 1.82) is 0 Å². The van der Waals surface area contributed by atoms with Crippen LogP contribution in [0.3, 0.4) is 0 Å². The first-order chi connectivity index (χ1) is 9.49. The van der Waals surface area contributed by atoms with Gasteiger partial charge in [-0.3, -0.25) is 9.59 Å². The SMILES string of the molecule is CC(C)C(=O)N1CCCC1C(=O)Nc1cccc(I)c1. The molecule has 1 fully saturated rings. The van der Waals surface area contributed by atoms with E-state index in [1.807, 2.05) is 38.1 Å². The van der Waals surface area contributed by atoms with Gasteiger partial charge in [-0.2, -0.15) is 0 Å². The van der Waals surface area contributed by atoms with E-state index in [0.717, 1.165) is 22.1 Å². The lowest BCUT2D eigenvalue weighted by Crippen LogP contribution is -2.44. The molecule has 0 aliphatic carbocycles. The van der Waals surface area contributed by atoms with E-state index in [4.69, 9.17) is 0 Å². The minimum atomic E-state index is -0.331. The van der Waals surface area contributed by atoms with Crippen LogP contribution in [-0.4, -0.2) is 29.3 Å². The summed E-state index contributed by atoms with van der Waals surface area (Å²) in [6, 6.07) is 7.33. The van der Waals surface area contributed by atoms with E-state index >= 15 is 0 Å². The van der Waals surface area contributed by atoms with E-state index in [0.29, 0.717) is 6.54 Å². The van der Waals surface area contributed by atoms with Crippen molar-refractivity contribution in [2.45, 2.75) is 32.7 Å². The van der Waals surface area contributed by atoms with Crippen LogP contribution in [0.15, 0.2) is 24.3 Å². The fourth-order valence-corrected chi connectivity index (χ4v) is 2.97. The smallest absolute Gasteiger partial charge is 0.247 e. The van der Waals surface area contributed by atoms with Gasteiger partial charge in [0, 0.05) is 21.7 Å². The van der Waals surface area contributed by atoms with Crippen molar-refractivity contribution in [2.24, 2.45) is 5.92 Å². The lowest BCUT2D eigenvalue weighted by Gasteiger charge is -2.25. The largest absolute Gasteiger partial charge is 0.330 e. The Morgan fingerprint density at radius 3 is 2.80 bits per heavy atom. The summed E-state index contributed by atoms with van der Waals surface area (Å²) in [6.07, 6.45) is 1.64. The number of amides is 2. The third-order valence-corrected chi connectivity index (χ3v) is 4.10. The van der Waals surface area contributed by atoms with Crippen LogP contribution in [0.25, 0.3) is 0 Å². The van der Waals surface area contributed by atoms with Crippen molar-refractivity contribution in [2.75, 3.05) is 11.9 Å². The van der Waals surface area contributed by atoms with Gasteiger partial charge in [0.15, 0.2) is 0 Å². The standard InChI is InChI=1S/C15H19IN2O2/c1-10(2)15(20)18-8-4-7-13(18)14(19)17-12-6-3-5-11(16)9-12/h3,5-6,9-10,13H,4,7-8H2,1-2H3,(H,17,19). The summed E-state index contributed by atoms with van der Waals surface area (Å²) in [4.78, 5) is 26.2. The van der Waals surface area contributed by atoms with Gasteiger partial charge < -0.3 is 10.2 Å². The van der Waals surface area contributed by atoms with E-state index in [-0.39, 0.29) is 23.8 Å². The average Bonchev–Trinajstić information content (AvgIpc) is 2.86. The monoisotopic (exact) mass is 386 g/mol. The number of hydrogen-bond acceptors (Lipinski definition) is 2. The van der Waals surface area contributed by atoms with E-state index in [1.54, 1.807) is 4.90 Å². The van der Waals surface area contributed by atoms with Gasteiger partial charge in [-0.05, 0) is 53.6 Å². The Hall–Kier alpha value is -1.11. The predicted octanol–water partition coefficient (Wildman–Crippen LogP) is 2.88. The molecule has 0 saturated carbocycles. The minimum absolute atomic E-state index is 0.0605. The first-order valence-electron chi connectivity index (χ1n) is 6.86. The molecular weight excluding hydrogens is 367 g/mol.